The summed E-state index contributed by atoms with van der Waals surface area (Å²) < 4.78 is 54.1. The molecule has 2 aromatic rings. The molecular weight excluding hydrogens is 340 g/mol. The molecular formula is C17H16F4N2O2. The number of nitrogens with one attached hydrogen (secondary N) is 2. The van der Waals surface area contributed by atoms with Gasteiger partial charge in [-0.25, -0.2) is 9.18 Å². The van der Waals surface area contributed by atoms with Crippen LogP contribution in [-0.4, -0.2) is 12.4 Å². The van der Waals surface area contributed by atoms with E-state index in [9.17, 15) is 22.4 Å². The van der Waals surface area contributed by atoms with Gasteiger partial charge in [0.25, 0.3) is 0 Å². The first kappa shape index (κ1) is 18.6. The number of para-hydroxylation sites is 1. The number of carbonyl (C=O) groups excluding carboxylic acids is 1. The molecule has 0 heterocycles. The Bertz CT molecular complexity index is 748. The molecule has 2 aromatic carbocycles. The van der Waals surface area contributed by atoms with Gasteiger partial charge in [0.15, 0.2) is 0 Å². The van der Waals surface area contributed by atoms with Gasteiger partial charge >= 0.3 is 12.4 Å². The number of hydrogen-bond donors (Lipinski definition) is 2. The molecule has 0 unspecified atom stereocenters. The Morgan fingerprint density at radius 2 is 1.76 bits per heavy atom. The van der Waals surface area contributed by atoms with Crippen molar-refractivity contribution in [3.63, 3.8) is 0 Å². The molecule has 2 amide bonds. The van der Waals surface area contributed by atoms with Crippen LogP contribution in [0.2, 0.25) is 0 Å². The van der Waals surface area contributed by atoms with E-state index in [0.717, 1.165) is 0 Å². The molecule has 25 heavy (non-hydrogen) atoms. The predicted molar refractivity (Wildman–Crippen MR) is 83.3 cm³/mol. The second kappa shape index (κ2) is 7.87. The first-order chi connectivity index (χ1) is 11.7. The Balaban J connectivity index is 1.89. The van der Waals surface area contributed by atoms with Crippen LogP contribution in [0.25, 0.3) is 0 Å². The Kier molecular flexibility index (Phi) is 5.84. The Morgan fingerprint density at radius 3 is 2.44 bits per heavy atom. The lowest BCUT2D eigenvalue weighted by molar-refractivity contribution is -0.274. The average molecular weight is 356 g/mol. The highest BCUT2D eigenvalue weighted by atomic mass is 19.4. The summed E-state index contributed by atoms with van der Waals surface area (Å²) in [4.78, 5) is 11.8. The van der Waals surface area contributed by atoms with Gasteiger partial charge in [-0.1, -0.05) is 30.3 Å². The average Bonchev–Trinajstić information content (AvgIpc) is 2.54. The molecule has 0 saturated heterocycles. The molecule has 2 N–H and O–H groups in total. The molecule has 8 heteroatoms. The number of rotatable bonds is 5. The number of carbonyl (C=O) groups is 1. The molecule has 0 aromatic heterocycles. The van der Waals surface area contributed by atoms with Crippen molar-refractivity contribution in [2.75, 3.05) is 0 Å². The highest BCUT2D eigenvalue weighted by Gasteiger charge is 2.31. The van der Waals surface area contributed by atoms with Gasteiger partial charge in [0, 0.05) is 18.7 Å². The number of urea groups is 1. The molecule has 2 rings (SSSR count). The van der Waals surface area contributed by atoms with Crippen molar-refractivity contribution < 1.29 is 27.1 Å². The lowest BCUT2D eigenvalue weighted by Gasteiger charge is -2.14. The largest absolute Gasteiger partial charge is 0.573 e. The van der Waals surface area contributed by atoms with Crippen LogP contribution in [0.15, 0.2) is 42.5 Å². The van der Waals surface area contributed by atoms with Crippen molar-refractivity contribution in [2.45, 2.75) is 26.4 Å². The van der Waals surface area contributed by atoms with Crippen molar-refractivity contribution in [1.82, 2.24) is 10.6 Å². The molecule has 0 saturated carbocycles. The third kappa shape index (κ3) is 5.98. The summed E-state index contributed by atoms with van der Waals surface area (Å²) in [5, 5.41) is 5.00. The highest BCUT2D eigenvalue weighted by Crippen LogP contribution is 2.26. The normalized spacial score (nSPS) is 11.1. The number of aryl methyl sites for hydroxylation is 1. The van der Waals surface area contributed by atoms with Crippen molar-refractivity contribution in [3.05, 3.63) is 65.0 Å². The predicted octanol–water partition coefficient (Wildman–Crippen LogP) is 4.03. The lowest BCUT2D eigenvalue weighted by atomic mass is 10.1. The smallest absolute Gasteiger partial charge is 0.405 e. The molecule has 0 aliphatic heterocycles. The van der Waals surface area contributed by atoms with E-state index in [4.69, 9.17) is 0 Å². The van der Waals surface area contributed by atoms with Crippen LogP contribution in [0.1, 0.15) is 16.7 Å². The minimum absolute atomic E-state index is 0.138. The minimum atomic E-state index is -4.81. The summed E-state index contributed by atoms with van der Waals surface area (Å²) in [5.41, 5.74) is 1.35. The fraction of sp³-hybridized carbons (Fsp3) is 0.235. The van der Waals surface area contributed by atoms with Crippen molar-refractivity contribution in [1.29, 1.82) is 0 Å². The van der Waals surface area contributed by atoms with E-state index in [1.165, 1.54) is 30.3 Å². The van der Waals surface area contributed by atoms with Gasteiger partial charge in [0.05, 0.1) is 0 Å². The van der Waals surface area contributed by atoms with Gasteiger partial charge in [0.2, 0.25) is 0 Å². The van der Waals surface area contributed by atoms with Crippen LogP contribution in [0, 0.1) is 12.7 Å². The molecule has 0 atom stereocenters. The van der Waals surface area contributed by atoms with Crippen molar-refractivity contribution in [3.8, 4) is 5.75 Å². The van der Waals surface area contributed by atoms with Gasteiger partial charge in [-0.3, -0.25) is 0 Å². The second-order valence-electron chi connectivity index (χ2n) is 5.28. The first-order valence-electron chi connectivity index (χ1n) is 7.35. The maximum Gasteiger partial charge on any atom is 0.573 e. The molecule has 0 fully saturated rings. The Hall–Kier alpha value is -2.77. The Morgan fingerprint density at radius 1 is 1.08 bits per heavy atom. The van der Waals surface area contributed by atoms with Gasteiger partial charge in [-0.2, -0.15) is 0 Å². The molecule has 4 nitrogen and oxygen atoms in total. The number of hydrogen-bond acceptors (Lipinski definition) is 2. The van der Waals surface area contributed by atoms with Gasteiger partial charge in [-0.05, 0) is 30.2 Å². The SMILES string of the molecule is Cc1cc(CNC(=O)NCc2ccccc2OC(F)(F)F)ccc1F. The third-order valence-corrected chi connectivity index (χ3v) is 3.31. The van der Waals surface area contributed by atoms with Crippen LogP contribution in [0.5, 0.6) is 5.75 Å². The fourth-order valence-corrected chi connectivity index (χ4v) is 2.11. The van der Waals surface area contributed by atoms with Crippen LogP contribution in [0.4, 0.5) is 22.4 Å². The van der Waals surface area contributed by atoms with Crippen LogP contribution in [0.3, 0.4) is 0 Å². The van der Waals surface area contributed by atoms with E-state index in [0.29, 0.717) is 11.1 Å². The quantitative estimate of drug-likeness (QED) is 0.795. The number of halogens is 4. The zero-order valence-electron chi connectivity index (χ0n) is 13.3. The molecule has 134 valence electrons. The number of alkyl halides is 3. The molecule has 0 bridgehead atoms. The van der Waals surface area contributed by atoms with Crippen molar-refractivity contribution in [2.24, 2.45) is 0 Å². The van der Waals surface area contributed by atoms with Crippen molar-refractivity contribution >= 4 is 6.03 Å². The topological polar surface area (TPSA) is 50.4 Å². The van der Waals surface area contributed by atoms with Gasteiger partial charge in [0.1, 0.15) is 11.6 Å². The van der Waals surface area contributed by atoms with E-state index < -0.39 is 12.4 Å². The number of ether oxygens (including phenoxy) is 1. The lowest BCUT2D eigenvalue weighted by Crippen LogP contribution is -2.34. The maximum atomic E-state index is 13.2. The summed E-state index contributed by atoms with van der Waals surface area (Å²) in [6.07, 6.45) is -4.81. The van der Waals surface area contributed by atoms with E-state index in [-0.39, 0.29) is 30.2 Å². The van der Waals surface area contributed by atoms with Crippen LogP contribution < -0.4 is 15.4 Å². The highest BCUT2D eigenvalue weighted by molar-refractivity contribution is 5.73. The molecule has 0 aliphatic carbocycles. The summed E-state index contributed by atoms with van der Waals surface area (Å²) in [7, 11) is 0. The summed E-state index contributed by atoms with van der Waals surface area (Å²) in [6, 6.07) is 9.41. The number of benzene rings is 2. The van der Waals surface area contributed by atoms with E-state index in [1.54, 1.807) is 19.1 Å². The second-order valence-corrected chi connectivity index (χ2v) is 5.28. The van der Waals surface area contributed by atoms with E-state index in [2.05, 4.69) is 15.4 Å². The minimum Gasteiger partial charge on any atom is -0.405 e. The third-order valence-electron chi connectivity index (χ3n) is 3.31. The molecule has 0 spiro atoms. The Labute approximate surface area is 141 Å². The zero-order chi connectivity index (χ0) is 18.4. The van der Waals surface area contributed by atoms with E-state index >= 15 is 0 Å². The summed E-state index contributed by atoms with van der Waals surface area (Å²) in [5.74, 6) is -0.709. The van der Waals surface area contributed by atoms with Gasteiger partial charge in [-0.15, -0.1) is 13.2 Å². The van der Waals surface area contributed by atoms with Crippen LogP contribution >= 0.6 is 0 Å². The monoisotopic (exact) mass is 356 g/mol. The zero-order valence-corrected chi connectivity index (χ0v) is 13.3. The van der Waals surface area contributed by atoms with Gasteiger partial charge < -0.3 is 15.4 Å². The standard InChI is InChI=1S/C17H16F4N2O2/c1-11-8-12(6-7-14(11)18)9-22-16(24)23-10-13-4-2-3-5-15(13)25-17(19,20)21/h2-8H,9-10H2,1H3,(H2,22,23,24). The van der Waals surface area contributed by atoms with E-state index in [1.807, 2.05) is 0 Å². The number of amides is 2. The molecule has 0 aliphatic rings. The molecule has 0 radical (unpaired) electrons. The maximum absolute atomic E-state index is 13.2. The summed E-state index contributed by atoms with van der Waals surface area (Å²) in [6.45, 7) is 1.63. The first-order valence-corrected chi connectivity index (χ1v) is 7.35. The fourth-order valence-electron chi connectivity index (χ4n) is 2.11. The summed E-state index contributed by atoms with van der Waals surface area (Å²) >= 11 is 0. The van der Waals surface area contributed by atoms with Crippen LogP contribution in [-0.2, 0) is 13.1 Å².